The second-order valence-corrected chi connectivity index (χ2v) is 5.73. The third kappa shape index (κ3) is 2.48. The quantitative estimate of drug-likeness (QED) is 0.802. The third-order valence-electron chi connectivity index (χ3n) is 3.78. The maximum atomic E-state index is 10.9. The lowest BCUT2D eigenvalue weighted by Gasteiger charge is -2.09. The van der Waals surface area contributed by atoms with Crippen molar-refractivity contribution in [3.63, 3.8) is 0 Å². The van der Waals surface area contributed by atoms with Crippen molar-refractivity contribution in [3.05, 3.63) is 46.7 Å². The molecule has 5 nitrogen and oxygen atoms in total. The summed E-state index contributed by atoms with van der Waals surface area (Å²) < 4.78 is 3.82. The first kappa shape index (κ1) is 14.7. The van der Waals surface area contributed by atoms with Crippen molar-refractivity contribution < 1.29 is 9.90 Å². The van der Waals surface area contributed by atoms with Crippen LogP contribution in [-0.4, -0.2) is 25.4 Å². The summed E-state index contributed by atoms with van der Waals surface area (Å²) in [6.07, 6.45) is 2.50. The van der Waals surface area contributed by atoms with Gasteiger partial charge >= 0.3 is 5.97 Å². The number of carbonyl (C=O) groups is 1. The fourth-order valence-corrected chi connectivity index (χ4v) is 2.99. The normalized spacial score (nSPS) is 11.2. The van der Waals surface area contributed by atoms with E-state index in [9.17, 15) is 4.79 Å². The van der Waals surface area contributed by atoms with Gasteiger partial charge in [0.05, 0.1) is 11.2 Å². The average Bonchev–Trinajstić information content (AvgIpc) is 2.96. The zero-order chi connectivity index (χ0) is 15.9. The number of rotatable bonds is 4. The number of aromatic nitrogens is 3. The highest BCUT2D eigenvalue weighted by atomic mass is 35.5. The molecular formula is C16H16ClN3O2. The number of hydrogen-bond donors (Lipinski definition) is 1. The maximum absolute atomic E-state index is 10.9. The Hall–Kier alpha value is -2.27. The van der Waals surface area contributed by atoms with Gasteiger partial charge in [0.2, 0.25) is 0 Å². The summed E-state index contributed by atoms with van der Waals surface area (Å²) in [5.41, 5.74) is 2.83. The molecule has 0 saturated carbocycles. The van der Waals surface area contributed by atoms with E-state index in [0.717, 1.165) is 28.0 Å². The summed E-state index contributed by atoms with van der Waals surface area (Å²) in [4.78, 5) is 10.9. The minimum absolute atomic E-state index is 0.0879. The second-order valence-electron chi connectivity index (χ2n) is 5.29. The van der Waals surface area contributed by atoms with Crippen molar-refractivity contribution in [1.29, 1.82) is 0 Å². The molecule has 0 bridgehead atoms. The van der Waals surface area contributed by atoms with Crippen LogP contribution in [0.4, 0.5) is 0 Å². The van der Waals surface area contributed by atoms with Gasteiger partial charge in [-0.25, -0.2) is 0 Å². The Balaban J connectivity index is 2.15. The van der Waals surface area contributed by atoms with E-state index in [1.54, 1.807) is 4.68 Å². The SMILES string of the molecule is Cc1nn(C)c(-n2ccc3cc(Cl)ccc32)c1CCC(=O)O. The molecule has 22 heavy (non-hydrogen) atoms. The van der Waals surface area contributed by atoms with Crippen LogP contribution in [0.25, 0.3) is 16.7 Å². The van der Waals surface area contributed by atoms with Crippen LogP contribution in [0.15, 0.2) is 30.5 Å². The van der Waals surface area contributed by atoms with E-state index in [2.05, 4.69) is 5.10 Å². The molecule has 0 fully saturated rings. The van der Waals surface area contributed by atoms with E-state index in [0.29, 0.717) is 11.4 Å². The van der Waals surface area contributed by atoms with Crippen LogP contribution in [0, 0.1) is 6.92 Å². The van der Waals surface area contributed by atoms with Crippen LogP contribution in [0.1, 0.15) is 17.7 Å². The molecule has 3 aromatic rings. The van der Waals surface area contributed by atoms with Crippen molar-refractivity contribution in [2.24, 2.45) is 7.05 Å². The van der Waals surface area contributed by atoms with Crippen molar-refractivity contribution in [1.82, 2.24) is 14.3 Å². The standard InChI is InChI=1S/C16H16ClN3O2/c1-10-13(4-6-15(21)22)16(19(2)18-10)20-8-7-11-9-12(17)3-5-14(11)20/h3,5,7-9H,4,6H2,1-2H3,(H,21,22). The monoisotopic (exact) mass is 317 g/mol. The van der Waals surface area contributed by atoms with Gasteiger partial charge in [-0.3, -0.25) is 9.48 Å². The number of hydrogen-bond acceptors (Lipinski definition) is 2. The first-order chi connectivity index (χ1) is 10.5. The minimum atomic E-state index is -0.807. The lowest BCUT2D eigenvalue weighted by Crippen LogP contribution is -2.06. The summed E-state index contributed by atoms with van der Waals surface area (Å²) in [6.45, 7) is 1.91. The van der Waals surface area contributed by atoms with Gasteiger partial charge in [0.1, 0.15) is 5.82 Å². The van der Waals surface area contributed by atoms with Crippen molar-refractivity contribution in [2.45, 2.75) is 19.8 Å². The van der Waals surface area contributed by atoms with Crippen LogP contribution in [0.5, 0.6) is 0 Å². The van der Waals surface area contributed by atoms with Gasteiger partial charge in [-0.1, -0.05) is 11.6 Å². The number of benzene rings is 1. The van der Waals surface area contributed by atoms with Gasteiger partial charge in [-0.2, -0.15) is 5.10 Å². The van der Waals surface area contributed by atoms with Gasteiger partial charge in [-0.05, 0) is 37.6 Å². The molecule has 1 aromatic carbocycles. The Bertz CT molecular complexity index is 864. The highest BCUT2D eigenvalue weighted by Gasteiger charge is 2.17. The van der Waals surface area contributed by atoms with Crippen LogP contribution in [0.3, 0.4) is 0 Å². The summed E-state index contributed by atoms with van der Waals surface area (Å²) in [5.74, 6) is 0.0921. The fraction of sp³-hybridized carbons (Fsp3) is 0.250. The maximum Gasteiger partial charge on any atom is 0.303 e. The summed E-state index contributed by atoms with van der Waals surface area (Å²) >= 11 is 6.03. The largest absolute Gasteiger partial charge is 0.481 e. The van der Waals surface area contributed by atoms with Crippen LogP contribution in [0.2, 0.25) is 5.02 Å². The molecule has 0 radical (unpaired) electrons. The molecule has 3 rings (SSSR count). The zero-order valence-electron chi connectivity index (χ0n) is 12.4. The van der Waals surface area contributed by atoms with E-state index in [-0.39, 0.29) is 6.42 Å². The molecule has 0 spiro atoms. The van der Waals surface area contributed by atoms with Crippen molar-refractivity contribution in [3.8, 4) is 5.82 Å². The molecule has 2 heterocycles. The average molecular weight is 318 g/mol. The highest BCUT2D eigenvalue weighted by molar-refractivity contribution is 6.31. The van der Waals surface area contributed by atoms with E-state index in [1.807, 2.05) is 49.0 Å². The first-order valence-corrected chi connectivity index (χ1v) is 7.36. The molecule has 1 N–H and O–H groups in total. The molecule has 6 heteroatoms. The van der Waals surface area contributed by atoms with Gasteiger partial charge in [0.25, 0.3) is 0 Å². The molecule has 0 amide bonds. The van der Waals surface area contributed by atoms with Crippen LogP contribution in [-0.2, 0) is 18.3 Å². The number of carboxylic acids is 1. The zero-order valence-corrected chi connectivity index (χ0v) is 13.1. The van der Waals surface area contributed by atoms with Gasteiger partial charge in [-0.15, -0.1) is 0 Å². The number of nitrogens with zero attached hydrogens (tertiary/aromatic N) is 3. The summed E-state index contributed by atoms with van der Waals surface area (Å²) in [5, 5.41) is 15.1. The molecular weight excluding hydrogens is 302 g/mol. The molecule has 0 aliphatic heterocycles. The summed E-state index contributed by atoms with van der Waals surface area (Å²) in [7, 11) is 1.87. The van der Waals surface area contributed by atoms with E-state index in [4.69, 9.17) is 16.7 Å². The van der Waals surface area contributed by atoms with Crippen LogP contribution < -0.4 is 0 Å². The van der Waals surface area contributed by atoms with Crippen molar-refractivity contribution >= 4 is 28.5 Å². The van der Waals surface area contributed by atoms with Gasteiger partial charge in [0, 0.05) is 35.6 Å². The molecule has 2 aromatic heterocycles. The van der Waals surface area contributed by atoms with Crippen molar-refractivity contribution in [2.75, 3.05) is 0 Å². The molecule has 0 saturated heterocycles. The Morgan fingerprint density at radius 2 is 2.14 bits per heavy atom. The predicted molar refractivity (Wildman–Crippen MR) is 85.7 cm³/mol. The van der Waals surface area contributed by atoms with E-state index >= 15 is 0 Å². The number of aryl methyl sites for hydroxylation is 2. The number of halogens is 1. The minimum Gasteiger partial charge on any atom is -0.481 e. The predicted octanol–water partition coefficient (Wildman–Crippen LogP) is 3.34. The number of carboxylic acid groups (broad SMARTS) is 1. The topological polar surface area (TPSA) is 60.0 Å². The first-order valence-electron chi connectivity index (χ1n) is 6.98. The molecule has 114 valence electrons. The molecule has 0 aliphatic carbocycles. The Labute approximate surface area is 132 Å². The van der Waals surface area contributed by atoms with Gasteiger partial charge in [0.15, 0.2) is 0 Å². The molecule has 0 unspecified atom stereocenters. The second kappa shape index (κ2) is 5.50. The van der Waals surface area contributed by atoms with E-state index in [1.165, 1.54) is 0 Å². The lowest BCUT2D eigenvalue weighted by molar-refractivity contribution is -0.136. The number of aliphatic carboxylic acids is 1. The summed E-state index contributed by atoms with van der Waals surface area (Å²) in [6, 6.07) is 7.71. The van der Waals surface area contributed by atoms with Crippen LogP contribution >= 0.6 is 11.6 Å². The third-order valence-corrected chi connectivity index (χ3v) is 4.02. The van der Waals surface area contributed by atoms with E-state index < -0.39 is 5.97 Å². The Kier molecular flexibility index (Phi) is 3.66. The fourth-order valence-electron chi connectivity index (χ4n) is 2.81. The lowest BCUT2D eigenvalue weighted by atomic mass is 10.1. The Morgan fingerprint density at radius 1 is 1.36 bits per heavy atom. The molecule has 0 aliphatic rings. The highest BCUT2D eigenvalue weighted by Crippen LogP contribution is 2.27. The van der Waals surface area contributed by atoms with Gasteiger partial charge < -0.3 is 9.67 Å². The smallest absolute Gasteiger partial charge is 0.303 e. The number of fused-ring (bicyclic) bond motifs is 1. The Morgan fingerprint density at radius 3 is 2.86 bits per heavy atom. The molecule has 0 atom stereocenters.